The molecule has 0 saturated heterocycles. The topological polar surface area (TPSA) is 108 Å². The van der Waals surface area contributed by atoms with Crippen molar-refractivity contribution < 1.29 is 9.72 Å². The highest BCUT2D eigenvalue weighted by Crippen LogP contribution is 2.65. The largest absolute Gasteiger partial charge is 0.404 e. The van der Waals surface area contributed by atoms with Crippen LogP contribution in [0.3, 0.4) is 0 Å². The SMILES string of the molecule is CCn1cc(CNC(=O)CC23CC4CC(C2)CC(n2cc(Br)c([N+](=O)[O-])n2)(C4)C3)cn1. The smallest absolute Gasteiger partial charge is 0.358 e. The molecule has 2 aromatic heterocycles. The van der Waals surface area contributed by atoms with Crippen LogP contribution in [0.1, 0.15) is 57.4 Å². The van der Waals surface area contributed by atoms with Gasteiger partial charge in [0, 0.05) is 31.3 Å². The fourth-order valence-electron chi connectivity index (χ4n) is 6.86. The highest BCUT2D eigenvalue weighted by Gasteiger charge is 2.60. The second kappa shape index (κ2) is 7.43. The monoisotopic (exact) mass is 490 g/mol. The molecule has 6 rings (SSSR count). The van der Waals surface area contributed by atoms with E-state index in [1.807, 2.05) is 22.5 Å². The number of nitrogens with zero attached hydrogens (tertiary/aromatic N) is 5. The lowest BCUT2D eigenvalue weighted by Gasteiger charge is -2.61. The van der Waals surface area contributed by atoms with Crippen molar-refractivity contribution in [2.24, 2.45) is 17.3 Å². The van der Waals surface area contributed by atoms with Crippen LogP contribution in [0.5, 0.6) is 0 Å². The lowest BCUT2D eigenvalue weighted by atomic mass is 9.46. The van der Waals surface area contributed by atoms with Gasteiger partial charge < -0.3 is 15.4 Å². The molecule has 0 aromatic carbocycles. The van der Waals surface area contributed by atoms with Crippen molar-refractivity contribution in [1.82, 2.24) is 24.9 Å². The van der Waals surface area contributed by atoms with E-state index in [1.165, 1.54) is 6.42 Å². The number of aryl methyl sites for hydroxylation is 1. The highest BCUT2D eigenvalue weighted by molar-refractivity contribution is 9.10. The van der Waals surface area contributed by atoms with Crippen LogP contribution in [-0.4, -0.2) is 30.4 Å². The summed E-state index contributed by atoms with van der Waals surface area (Å²) in [7, 11) is 0. The summed E-state index contributed by atoms with van der Waals surface area (Å²) in [4.78, 5) is 23.8. The minimum Gasteiger partial charge on any atom is -0.358 e. The van der Waals surface area contributed by atoms with Crippen molar-refractivity contribution in [2.45, 2.75) is 70.5 Å². The Morgan fingerprint density at radius 2 is 2.06 bits per heavy atom. The van der Waals surface area contributed by atoms with E-state index in [0.29, 0.717) is 29.3 Å². The van der Waals surface area contributed by atoms with Gasteiger partial charge in [-0.2, -0.15) is 9.78 Å². The van der Waals surface area contributed by atoms with E-state index in [0.717, 1.165) is 44.2 Å². The molecule has 4 bridgehead atoms. The number of amides is 1. The number of aromatic nitrogens is 4. The highest BCUT2D eigenvalue weighted by atomic mass is 79.9. The molecule has 4 fully saturated rings. The standard InChI is InChI=1S/C21H27BrN6O3/c1-2-26-11-16(10-24-26)9-23-18(29)8-20-4-14-3-15(5-20)7-21(6-14,13-20)27-12-17(22)19(25-27)28(30)31/h10-12,14-15H,2-9,13H2,1H3,(H,23,29). The molecule has 2 heterocycles. The molecule has 2 atom stereocenters. The fourth-order valence-corrected chi connectivity index (χ4v) is 7.28. The van der Waals surface area contributed by atoms with E-state index in [4.69, 9.17) is 0 Å². The zero-order valence-electron chi connectivity index (χ0n) is 17.6. The second-order valence-corrected chi connectivity index (χ2v) is 10.7. The number of rotatable bonds is 7. The van der Waals surface area contributed by atoms with Crippen LogP contribution >= 0.6 is 15.9 Å². The number of carbonyl (C=O) groups is 1. The number of nitrogens with one attached hydrogen (secondary N) is 1. The molecule has 4 aliphatic carbocycles. The maximum Gasteiger partial charge on any atom is 0.404 e. The summed E-state index contributed by atoms with van der Waals surface area (Å²) < 4.78 is 4.12. The van der Waals surface area contributed by atoms with Crippen LogP contribution in [0, 0.1) is 27.4 Å². The van der Waals surface area contributed by atoms with Gasteiger partial charge >= 0.3 is 5.82 Å². The van der Waals surface area contributed by atoms with Gasteiger partial charge in [0.05, 0.1) is 23.0 Å². The summed E-state index contributed by atoms with van der Waals surface area (Å²) in [5.41, 5.74) is 0.740. The van der Waals surface area contributed by atoms with E-state index in [9.17, 15) is 14.9 Å². The molecule has 0 radical (unpaired) electrons. The molecule has 4 saturated carbocycles. The second-order valence-electron chi connectivity index (χ2n) is 9.85. The zero-order chi connectivity index (χ0) is 21.8. The van der Waals surface area contributed by atoms with Crippen LogP contribution in [0.15, 0.2) is 23.1 Å². The normalized spacial score (nSPS) is 31.2. The molecule has 1 amide bonds. The van der Waals surface area contributed by atoms with Crippen molar-refractivity contribution in [3.63, 3.8) is 0 Å². The molecular weight excluding hydrogens is 464 g/mol. The molecule has 4 aliphatic rings. The van der Waals surface area contributed by atoms with E-state index >= 15 is 0 Å². The van der Waals surface area contributed by atoms with Crippen molar-refractivity contribution in [1.29, 1.82) is 0 Å². The first kappa shape index (κ1) is 20.7. The van der Waals surface area contributed by atoms with Crippen LogP contribution in [0.2, 0.25) is 0 Å². The van der Waals surface area contributed by atoms with Gasteiger partial charge in [0.15, 0.2) is 0 Å². The quantitative estimate of drug-likeness (QED) is 0.469. The van der Waals surface area contributed by atoms with Crippen molar-refractivity contribution in [2.75, 3.05) is 0 Å². The predicted octanol–water partition coefficient (Wildman–Crippen LogP) is 3.77. The van der Waals surface area contributed by atoms with E-state index in [2.05, 4.69) is 31.4 Å². The number of halogens is 1. The van der Waals surface area contributed by atoms with Crippen molar-refractivity contribution in [3.8, 4) is 0 Å². The summed E-state index contributed by atoms with van der Waals surface area (Å²) >= 11 is 3.30. The third-order valence-electron chi connectivity index (χ3n) is 7.50. The summed E-state index contributed by atoms with van der Waals surface area (Å²) in [6, 6.07) is 0. The summed E-state index contributed by atoms with van der Waals surface area (Å²) in [6.07, 6.45) is 12.2. The summed E-state index contributed by atoms with van der Waals surface area (Å²) in [5.74, 6) is 1.06. The van der Waals surface area contributed by atoms with Gasteiger partial charge in [-0.05, 0) is 83.6 Å². The fraction of sp³-hybridized carbons (Fsp3) is 0.667. The molecule has 0 aliphatic heterocycles. The average Bonchev–Trinajstić information content (AvgIpc) is 3.31. The van der Waals surface area contributed by atoms with Gasteiger partial charge in [-0.25, -0.2) is 0 Å². The maximum absolute atomic E-state index is 12.9. The van der Waals surface area contributed by atoms with Crippen LogP contribution in [0.4, 0.5) is 5.82 Å². The van der Waals surface area contributed by atoms with Gasteiger partial charge in [-0.15, -0.1) is 0 Å². The molecular formula is C21H27BrN6O3. The number of carbonyl (C=O) groups excluding carboxylic acids is 1. The predicted molar refractivity (Wildman–Crippen MR) is 116 cm³/mol. The molecule has 10 heteroatoms. The van der Waals surface area contributed by atoms with E-state index < -0.39 is 4.92 Å². The Labute approximate surface area is 188 Å². The maximum atomic E-state index is 12.9. The van der Waals surface area contributed by atoms with Gasteiger partial charge in [0.25, 0.3) is 0 Å². The van der Waals surface area contributed by atoms with Gasteiger partial charge in [-0.1, -0.05) is 0 Å². The van der Waals surface area contributed by atoms with Gasteiger partial charge in [-0.3, -0.25) is 9.48 Å². The molecule has 0 spiro atoms. The summed E-state index contributed by atoms with van der Waals surface area (Å²) in [5, 5.41) is 23.0. The molecule has 31 heavy (non-hydrogen) atoms. The first-order valence-corrected chi connectivity index (χ1v) is 11.8. The van der Waals surface area contributed by atoms with Gasteiger partial charge in [0.2, 0.25) is 5.91 Å². The van der Waals surface area contributed by atoms with Crippen LogP contribution in [-0.2, 0) is 23.4 Å². The first-order valence-electron chi connectivity index (χ1n) is 11.0. The van der Waals surface area contributed by atoms with Gasteiger partial charge in [0.1, 0.15) is 4.47 Å². The number of hydrogen-bond acceptors (Lipinski definition) is 5. The Balaban J connectivity index is 1.33. The lowest BCUT2D eigenvalue weighted by molar-refractivity contribution is -0.390. The van der Waals surface area contributed by atoms with E-state index in [-0.39, 0.29) is 22.7 Å². The summed E-state index contributed by atoms with van der Waals surface area (Å²) in [6.45, 7) is 3.33. The first-order chi connectivity index (χ1) is 14.8. The van der Waals surface area contributed by atoms with Crippen LogP contribution < -0.4 is 5.32 Å². The van der Waals surface area contributed by atoms with Crippen LogP contribution in [0.25, 0.3) is 0 Å². The third-order valence-corrected chi connectivity index (χ3v) is 8.06. The number of nitro groups is 1. The number of hydrogen-bond donors (Lipinski definition) is 1. The van der Waals surface area contributed by atoms with Crippen molar-refractivity contribution in [3.05, 3.63) is 38.7 Å². The van der Waals surface area contributed by atoms with E-state index in [1.54, 1.807) is 12.4 Å². The molecule has 166 valence electrons. The van der Waals surface area contributed by atoms with Crippen molar-refractivity contribution >= 4 is 27.7 Å². The zero-order valence-corrected chi connectivity index (χ0v) is 19.2. The minimum absolute atomic E-state index is 0.0467. The molecule has 2 unspecified atom stereocenters. The Morgan fingerprint density at radius 1 is 1.32 bits per heavy atom. The molecule has 9 nitrogen and oxygen atoms in total. The molecule has 1 N–H and O–H groups in total. The Morgan fingerprint density at radius 3 is 2.68 bits per heavy atom. The lowest BCUT2D eigenvalue weighted by Crippen LogP contribution is -2.57. The average molecular weight is 491 g/mol. The Bertz CT molecular complexity index is 1020. The molecule has 2 aromatic rings. The minimum atomic E-state index is -0.439. The Kier molecular flexibility index (Phi) is 4.95. The Hall–Kier alpha value is -2.23. The third kappa shape index (κ3) is 3.68.